The lowest BCUT2D eigenvalue weighted by atomic mass is 10.2. The Kier molecular flexibility index (Phi) is 7.05. The van der Waals surface area contributed by atoms with E-state index in [0.717, 1.165) is 15.7 Å². The number of anilines is 1. The molecule has 0 aliphatic heterocycles. The Bertz CT molecular complexity index is 1020. The van der Waals surface area contributed by atoms with E-state index < -0.39 is 0 Å². The molecule has 2 N–H and O–H groups in total. The first-order valence-electron chi connectivity index (χ1n) is 8.84. The number of thioether (sulfide) groups is 1. The molecule has 0 atom stereocenters. The number of rotatable bonds is 7. The number of hydrogen-bond acceptors (Lipinski definition) is 5. The summed E-state index contributed by atoms with van der Waals surface area (Å²) in [5.74, 6) is 0.517. The molecule has 0 saturated carbocycles. The van der Waals surface area contributed by atoms with Crippen LogP contribution < -0.4 is 10.6 Å². The average molecular weight is 474 g/mol. The number of benzene rings is 2. The van der Waals surface area contributed by atoms with Crippen LogP contribution in [-0.4, -0.2) is 32.3 Å². The SMILES string of the molecule is Cc1cccc(NC(=O)CSc2nnc(CNC(=O)c3ccc(Br)cc3)n2C)c1. The highest BCUT2D eigenvalue weighted by Crippen LogP contribution is 2.17. The van der Waals surface area contributed by atoms with Crippen LogP contribution in [0.1, 0.15) is 21.7 Å². The Hall–Kier alpha value is -2.65. The molecule has 0 fully saturated rings. The zero-order chi connectivity index (χ0) is 20.8. The Morgan fingerprint density at radius 1 is 1.14 bits per heavy atom. The summed E-state index contributed by atoms with van der Waals surface area (Å²) in [6, 6.07) is 14.7. The molecule has 29 heavy (non-hydrogen) atoms. The number of carbonyl (C=O) groups excluding carboxylic acids is 2. The maximum atomic E-state index is 12.2. The summed E-state index contributed by atoms with van der Waals surface area (Å²) in [4.78, 5) is 24.4. The quantitative estimate of drug-likeness (QED) is 0.512. The van der Waals surface area contributed by atoms with E-state index in [9.17, 15) is 9.59 Å². The van der Waals surface area contributed by atoms with Gasteiger partial charge in [-0.2, -0.15) is 0 Å². The van der Waals surface area contributed by atoms with E-state index in [1.807, 2.05) is 50.4 Å². The lowest BCUT2D eigenvalue weighted by Crippen LogP contribution is -2.24. The minimum Gasteiger partial charge on any atom is -0.345 e. The van der Waals surface area contributed by atoms with Crippen LogP contribution in [-0.2, 0) is 18.4 Å². The van der Waals surface area contributed by atoms with Crippen molar-refractivity contribution in [1.82, 2.24) is 20.1 Å². The van der Waals surface area contributed by atoms with Crippen LogP contribution in [0.2, 0.25) is 0 Å². The fourth-order valence-electron chi connectivity index (χ4n) is 2.54. The molecule has 9 heteroatoms. The summed E-state index contributed by atoms with van der Waals surface area (Å²) < 4.78 is 2.68. The van der Waals surface area contributed by atoms with Crippen molar-refractivity contribution >= 4 is 45.2 Å². The molecule has 7 nitrogen and oxygen atoms in total. The number of carbonyl (C=O) groups is 2. The predicted molar refractivity (Wildman–Crippen MR) is 117 cm³/mol. The van der Waals surface area contributed by atoms with Gasteiger partial charge in [0.1, 0.15) is 0 Å². The summed E-state index contributed by atoms with van der Waals surface area (Å²) in [7, 11) is 1.81. The van der Waals surface area contributed by atoms with Gasteiger partial charge in [-0.05, 0) is 48.9 Å². The zero-order valence-electron chi connectivity index (χ0n) is 16.0. The van der Waals surface area contributed by atoms with Crippen molar-refractivity contribution in [2.75, 3.05) is 11.1 Å². The summed E-state index contributed by atoms with van der Waals surface area (Å²) in [5, 5.41) is 14.5. The third kappa shape index (κ3) is 5.91. The van der Waals surface area contributed by atoms with Crippen LogP contribution in [0.4, 0.5) is 5.69 Å². The van der Waals surface area contributed by atoms with Gasteiger partial charge in [0.15, 0.2) is 11.0 Å². The van der Waals surface area contributed by atoms with Gasteiger partial charge in [0.25, 0.3) is 5.91 Å². The van der Waals surface area contributed by atoms with E-state index in [2.05, 4.69) is 36.8 Å². The van der Waals surface area contributed by atoms with Gasteiger partial charge in [0.2, 0.25) is 5.91 Å². The van der Waals surface area contributed by atoms with Gasteiger partial charge in [-0.3, -0.25) is 9.59 Å². The van der Waals surface area contributed by atoms with Crippen molar-refractivity contribution < 1.29 is 9.59 Å². The summed E-state index contributed by atoms with van der Waals surface area (Å²) >= 11 is 4.64. The normalized spacial score (nSPS) is 10.6. The first-order chi connectivity index (χ1) is 13.9. The second-order valence-corrected chi connectivity index (χ2v) is 8.21. The van der Waals surface area contributed by atoms with E-state index in [4.69, 9.17) is 0 Å². The first-order valence-corrected chi connectivity index (χ1v) is 10.6. The van der Waals surface area contributed by atoms with E-state index >= 15 is 0 Å². The number of hydrogen-bond donors (Lipinski definition) is 2. The highest BCUT2D eigenvalue weighted by atomic mass is 79.9. The van der Waals surface area contributed by atoms with E-state index in [0.29, 0.717) is 16.5 Å². The van der Waals surface area contributed by atoms with Crippen molar-refractivity contribution in [2.45, 2.75) is 18.6 Å². The number of aryl methyl sites for hydroxylation is 1. The van der Waals surface area contributed by atoms with Crippen LogP contribution >= 0.6 is 27.7 Å². The fourth-order valence-corrected chi connectivity index (χ4v) is 3.53. The van der Waals surface area contributed by atoms with Gasteiger partial charge in [-0.1, -0.05) is 39.8 Å². The van der Waals surface area contributed by atoms with Crippen LogP contribution in [0, 0.1) is 6.92 Å². The van der Waals surface area contributed by atoms with Crippen molar-refractivity contribution in [1.29, 1.82) is 0 Å². The number of nitrogens with zero attached hydrogens (tertiary/aromatic N) is 3. The molecule has 0 radical (unpaired) electrons. The zero-order valence-corrected chi connectivity index (χ0v) is 18.4. The maximum absolute atomic E-state index is 12.2. The molecule has 3 rings (SSSR count). The lowest BCUT2D eigenvalue weighted by molar-refractivity contribution is -0.113. The van der Waals surface area contributed by atoms with Gasteiger partial charge in [-0.15, -0.1) is 10.2 Å². The van der Waals surface area contributed by atoms with Crippen molar-refractivity contribution in [3.05, 3.63) is 70.0 Å². The Morgan fingerprint density at radius 3 is 2.62 bits per heavy atom. The second kappa shape index (κ2) is 9.71. The second-order valence-electron chi connectivity index (χ2n) is 6.35. The number of amides is 2. The smallest absolute Gasteiger partial charge is 0.251 e. The van der Waals surface area contributed by atoms with Crippen molar-refractivity contribution in [3.63, 3.8) is 0 Å². The molecule has 2 amide bonds. The molecule has 0 aliphatic carbocycles. The molecule has 0 unspecified atom stereocenters. The Labute approximate surface area is 181 Å². The third-order valence-electron chi connectivity index (χ3n) is 4.07. The van der Waals surface area contributed by atoms with E-state index in [1.165, 1.54) is 11.8 Å². The van der Waals surface area contributed by atoms with Crippen LogP contribution in [0.3, 0.4) is 0 Å². The summed E-state index contributed by atoms with van der Waals surface area (Å²) in [5.41, 5.74) is 2.42. The highest BCUT2D eigenvalue weighted by molar-refractivity contribution is 9.10. The molecule has 2 aromatic carbocycles. The van der Waals surface area contributed by atoms with E-state index in [-0.39, 0.29) is 24.1 Å². The van der Waals surface area contributed by atoms with E-state index in [1.54, 1.807) is 16.7 Å². The third-order valence-corrected chi connectivity index (χ3v) is 5.62. The first kappa shape index (κ1) is 21.1. The topological polar surface area (TPSA) is 88.9 Å². The average Bonchev–Trinajstić information content (AvgIpc) is 3.04. The van der Waals surface area contributed by atoms with Gasteiger partial charge in [-0.25, -0.2) is 0 Å². The van der Waals surface area contributed by atoms with Crippen LogP contribution in [0.25, 0.3) is 0 Å². The Balaban J connectivity index is 1.51. The number of aromatic nitrogens is 3. The molecule has 3 aromatic rings. The maximum Gasteiger partial charge on any atom is 0.251 e. The van der Waals surface area contributed by atoms with Gasteiger partial charge in [0, 0.05) is 22.8 Å². The van der Waals surface area contributed by atoms with Crippen LogP contribution in [0.5, 0.6) is 0 Å². The fraction of sp³-hybridized carbons (Fsp3) is 0.200. The summed E-state index contributed by atoms with van der Waals surface area (Å²) in [6.07, 6.45) is 0. The molecular formula is C20H20BrN5O2S. The molecule has 0 aliphatic rings. The van der Waals surface area contributed by atoms with Gasteiger partial charge in [0.05, 0.1) is 12.3 Å². The number of halogens is 1. The molecule has 0 saturated heterocycles. The Morgan fingerprint density at radius 2 is 1.90 bits per heavy atom. The van der Waals surface area contributed by atoms with Crippen molar-refractivity contribution in [2.24, 2.45) is 7.05 Å². The predicted octanol–water partition coefficient (Wildman–Crippen LogP) is 3.55. The highest BCUT2D eigenvalue weighted by Gasteiger charge is 2.13. The van der Waals surface area contributed by atoms with Crippen LogP contribution in [0.15, 0.2) is 58.2 Å². The monoisotopic (exact) mass is 473 g/mol. The van der Waals surface area contributed by atoms with Gasteiger partial charge < -0.3 is 15.2 Å². The minimum absolute atomic E-state index is 0.117. The largest absolute Gasteiger partial charge is 0.345 e. The molecule has 1 aromatic heterocycles. The van der Waals surface area contributed by atoms with Crippen molar-refractivity contribution in [3.8, 4) is 0 Å². The molecule has 1 heterocycles. The molecular weight excluding hydrogens is 454 g/mol. The molecule has 150 valence electrons. The minimum atomic E-state index is -0.188. The molecule has 0 bridgehead atoms. The number of nitrogens with one attached hydrogen (secondary N) is 2. The standard InChI is InChI=1S/C20H20BrN5O2S/c1-13-4-3-5-16(10-13)23-18(27)12-29-20-25-24-17(26(20)2)11-22-19(28)14-6-8-15(21)9-7-14/h3-10H,11-12H2,1-2H3,(H,22,28)(H,23,27). The molecule has 0 spiro atoms. The summed E-state index contributed by atoms with van der Waals surface area (Å²) in [6.45, 7) is 2.22. The van der Waals surface area contributed by atoms with Gasteiger partial charge >= 0.3 is 0 Å². The lowest BCUT2D eigenvalue weighted by Gasteiger charge is -2.07.